The van der Waals surface area contributed by atoms with Crippen LogP contribution in [0.3, 0.4) is 0 Å². The lowest BCUT2D eigenvalue weighted by atomic mass is 9.88. The molecule has 1 N–H and O–H groups in total. The van der Waals surface area contributed by atoms with Crippen molar-refractivity contribution >= 4 is 9.84 Å². The third kappa shape index (κ3) is 6.72. The number of hydrogen-bond acceptors (Lipinski definition) is 4. The molecule has 1 aliphatic carbocycles. The SMILES string of the molecule is CCS(=O)(=O)CCC(CNCCOC)C1CCCC1. The van der Waals surface area contributed by atoms with Crippen LogP contribution in [0.2, 0.25) is 0 Å². The van der Waals surface area contributed by atoms with E-state index in [1.807, 2.05) is 0 Å². The van der Waals surface area contributed by atoms with Crippen molar-refractivity contribution in [3.05, 3.63) is 0 Å². The average molecular weight is 291 g/mol. The fourth-order valence-electron chi connectivity index (χ4n) is 2.87. The third-order valence-electron chi connectivity index (χ3n) is 4.20. The Labute approximate surface area is 118 Å². The molecule has 0 spiro atoms. The van der Waals surface area contributed by atoms with Gasteiger partial charge < -0.3 is 10.1 Å². The lowest BCUT2D eigenvalue weighted by molar-refractivity contribution is 0.194. The highest BCUT2D eigenvalue weighted by Crippen LogP contribution is 2.33. The molecule has 1 saturated carbocycles. The molecule has 4 nitrogen and oxygen atoms in total. The van der Waals surface area contributed by atoms with Crippen molar-refractivity contribution in [2.45, 2.75) is 39.0 Å². The Morgan fingerprint density at radius 1 is 1.32 bits per heavy atom. The smallest absolute Gasteiger partial charge is 0.150 e. The van der Waals surface area contributed by atoms with E-state index in [4.69, 9.17) is 4.74 Å². The Morgan fingerprint density at radius 3 is 2.58 bits per heavy atom. The van der Waals surface area contributed by atoms with Crippen molar-refractivity contribution in [1.29, 1.82) is 0 Å². The van der Waals surface area contributed by atoms with Crippen molar-refractivity contribution in [1.82, 2.24) is 5.32 Å². The molecule has 0 aliphatic heterocycles. The first-order chi connectivity index (χ1) is 9.09. The highest BCUT2D eigenvalue weighted by molar-refractivity contribution is 7.91. The number of ether oxygens (including phenoxy) is 1. The summed E-state index contributed by atoms with van der Waals surface area (Å²) in [7, 11) is -1.13. The van der Waals surface area contributed by atoms with Gasteiger partial charge in [0, 0.05) is 19.4 Å². The minimum Gasteiger partial charge on any atom is -0.383 e. The van der Waals surface area contributed by atoms with Gasteiger partial charge in [-0.1, -0.05) is 32.6 Å². The van der Waals surface area contributed by atoms with Crippen LogP contribution in [0.1, 0.15) is 39.0 Å². The first-order valence-electron chi connectivity index (χ1n) is 7.49. The molecule has 0 aromatic rings. The quantitative estimate of drug-likeness (QED) is 0.624. The van der Waals surface area contributed by atoms with Gasteiger partial charge in [0.15, 0.2) is 0 Å². The summed E-state index contributed by atoms with van der Waals surface area (Å²) in [5.74, 6) is 1.82. The highest BCUT2D eigenvalue weighted by atomic mass is 32.2. The second-order valence-electron chi connectivity index (χ2n) is 5.53. The van der Waals surface area contributed by atoms with Gasteiger partial charge in [0.25, 0.3) is 0 Å². The summed E-state index contributed by atoms with van der Waals surface area (Å²) < 4.78 is 28.3. The molecular weight excluding hydrogens is 262 g/mol. The molecule has 1 atom stereocenters. The number of nitrogens with one attached hydrogen (secondary N) is 1. The van der Waals surface area contributed by atoms with E-state index < -0.39 is 9.84 Å². The number of sulfone groups is 1. The first kappa shape index (κ1) is 16.9. The van der Waals surface area contributed by atoms with E-state index in [0.29, 0.717) is 24.2 Å². The van der Waals surface area contributed by atoms with Crippen molar-refractivity contribution in [3.8, 4) is 0 Å². The van der Waals surface area contributed by atoms with Crippen molar-refractivity contribution < 1.29 is 13.2 Å². The predicted octanol–water partition coefficient (Wildman–Crippen LogP) is 1.85. The summed E-state index contributed by atoms with van der Waals surface area (Å²) >= 11 is 0. The number of rotatable bonds is 10. The van der Waals surface area contributed by atoms with Crippen LogP contribution in [-0.4, -0.2) is 46.7 Å². The number of methoxy groups -OCH3 is 1. The van der Waals surface area contributed by atoms with Crippen LogP contribution in [0.15, 0.2) is 0 Å². The predicted molar refractivity (Wildman–Crippen MR) is 79.1 cm³/mol. The summed E-state index contributed by atoms with van der Waals surface area (Å²) in [6.45, 7) is 4.22. The normalized spacial score (nSPS) is 18.8. The van der Waals surface area contributed by atoms with E-state index in [1.54, 1.807) is 14.0 Å². The molecule has 0 aromatic heterocycles. The largest absolute Gasteiger partial charge is 0.383 e. The second-order valence-corrected chi connectivity index (χ2v) is 8.00. The van der Waals surface area contributed by atoms with E-state index in [2.05, 4.69) is 5.32 Å². The molecule has 0 heterocycles. The van der Waals surface area contributed by atoms with Crippen LogP contribution in [-0.2, 0) is 14.6 Å². The van der Waals surface area contributed by atoms with Crippen LogP contribution in [0, 0.1) is 11.8 Å². The number of hydrogen-bond donors (Lipinski definition) is 1. The third-order valence-corrected chi connectivity index (χ3v) is 5.93. The van der Waals surface area contributed by atoms with Crippen molar-refractivity contribution in [3.63, 3.8) is 0 Å². The van der Waals surface area contributed by atoms with Crippen LogP contribution < -0.4 is 5.32 Å². The monoisotopic (exact) mass is 291 g/mol. The first-order valence-corrected chi connectivity index (χ1v) is 9.31. The fourth-order valence-corrected chi connectivity index (χ4v) is 3.82. The second kappa shape index (κ2) is 8.93. The Hall–Kier alpha value is -0.130. The molecule has 1 fully saturated rings. The molecule has 114 valence electrons. The lowest BCUT2D eigenvalue weighted by Gasteiger charge is -2.23. The molecule has 19 heavy (non-hydrogen) atoms. The molecule has 0 amide bonds. The summed E-state index contributed by atoms with van der Waals surface area (Å²) in [5.41, 5.74) is 0. The topological polar surface area (TPSA) is 55.4 Å². The van der Waals surface area contributed by atoms with Gasteiger partial charge in [-0.3, -0.25) is 0 Å². The minimum atomic E-state index is -2.83. The van der Waals surface area contributed by atoms with Gasteiger partial charge in [0.2, 0.25) is 0 Å². The molecule has 0 aromatic carbocycles. The molecule has 1 rings (SSSR count). The molecule has 0 saturated heterocycles. The zero-order valence-corrected chi connectivity index (χ0v) is 13.2. The Bertz CT molecular complexity index is 324. The van der Waals surface area contributed by atoms with E-state index in [0.717, 1.165) is 19.5 Å². The van der Waals surface area contributed by atoms with E-state index in [9.17, 15) is 8.42 Å². The minimum absolute atomic E-state index is 0.265. The van der Waals surface area contributed by atoms with Crippen molar-refractivity contribution in [2.24, 2.45) is 11.8 Å². The molecule has 0 radical (unpaired) electrons. The highest BCUT2D eigenvalue weighted by Gasteiger charge is 2.25. The summed E-state index contributed by atoms with van der Waals surface area (Å²) in [6, 6.07) is 0. The van der Waals surface area contributed by atoms with E-state index >= 15 is 0 Å². The van der Waals surface area contributed by atoms with Gasteiger partial charge in [0.05, 0.1) is 12.4 Å². The molecule has 0 bridgehead atoms. The Kier molecular flexibility index (Phi) is 7.95. The Balaban J connectivity index is 2.40. The maximum Gasteiger partial charge on any atom is 0.150 e. The van der Waals surface area contributed by atoms with E-state index in [1.165, 1.54) is 25.7 Å². The van der Waals surface area contributed by atoms with Crippen LogP contribution in [0.5, 0.6) is 0 Å². The zero-order valence-electron chi connectivity index (χ0n) is 12.4. The standard InChI is InChI=1S/C14H29NO3S/c1-3-19(16,17)11-8-14(12-15-9-10-18-2)13-6-4-5-7-13/h13-15H,3-12H2,1-2H3. The van der Waals surface area contributed by atoms with Gasteiger partial charge in [-0.25, -0.2) is 8.42 Å². The van der Waals surface area contributed by atoms with Gasteiger partial charge >= 0.3 is 0 Å². The Morgan fingerprint density at radius 2 is 2.00 bits per heavy atom. The summed E-state index contributed by atoms with van der Waals surface area (Å²) in [5, 5.41) is 3.40. The maximum atomic E-state index is 11.7. The molecular formula is C14H29NO3S. The molecule has 1 unspecified atom stereocenters. The van der Waals surface area contributed by atoms with Gasteiger partial charge in [-0.15, -0.1) is 0 Å². The van der Waals surface area contributed by atoms with Gasteiger partial charge in [-0.05, 0) is 24.8 Å². The lowest BCUT2D eigenvalue weighted by Crippen LogP contribution is -2.31. The van der Waals surface area contributed by atoms with E-state index in [-0.39, 0.29) is 5.75 Å². The van der Waals surface area contributed by atoms with Crippen molar-refractivity contribution in [2.75, 3.05) is 38.3 Å². The summed E-state index contributed by atoms with van der Waals surface area (Å²) in [6.07, 6.45) is 5.95. The van der Waals surface area contributed by atoms with Crippen LogP contribution in [0.4, 0.5) is 0 Å². The molecule has 5 heteroatoms. The van der Waals surface area contributed by atoms with Gasteiger partial charge in [-0.2, -0.15) is 0 Å². The van der Waals surface area contributed by atoms with Crippen LogP contribution >= 0.6 is 0 Å². The zero-order chi connectivity index (χ0) is 14.1. The average Bonchev–Trinajstić information content (AvgIpc) is 2.92. The van der Waals surface area contributed by atoms with Crippen LogP contribution in [0.25, 0.3) is 0 Å². The fraction of sp³-hybridized carbons (Fsp3) is 1.00. The van der Waals surface area contributed by atoms with Gasteiger partial charge in [0.1, 0.15) is 9.84 Å². The summed E-state index contributed by atoms with van der Waals surface area (Å²) in [4.78, 5) is 0. The molecule has 1 aliphatic rings. The maximum absolute atomic E-state index is 11.7.